The summed E-state index contributed by atoms with van der Waals surface area (Å²) in [5.74, 6) is 0.255. The molecular formula is C20H24FN3O2. The average molecular weight is 357 g/mol. The van der Waals surface area contributed by atoms with Gasteiger partial charge in [0.05, 0.1) is 12.8 Å². The van der Waals surface area contributed by atoms with E-state index >= 15 is 0 Å². The smallest absolute Gasteiger partial charge is 0.251 e. The number of ether oxygens (including phenoxy) is 1. The predicted molar refractivity (Wildman–Crippen MR) is 100 cm³/mol. The highest BCUT2D eigenvalue weighted by molar-refractivity contribution is 5.94. The second-order valence-corrected chi connectivity index (χ2v) is 6.27. The molecule has 0 spiro atoms. The zero-order valence-electron chi connectivity index (χ0n) is 15.0. The summed E-state index contributed by atoms with van der Waals surface area (Å²) in [6.07, 6.45) is 0. The fourth-order valence-corrected chi connectivity index (χ4v) is 3.16. The van der Waals surface area contributed by atoms with Gasteiger partial charge in [-0.15, -0.1) is 0 Å². The van der Waals surface area contributed by atoms with Crippen LogP contribution in [0.1, 0.15) is 10.4 Å². The van der Waals surface area contributed by atoms with E-state index in [1.54, 1.807) is 19.2 Å². The van der Waals surface area contributed by atoms with Crippen molar-refractivity contribution >= 4 is 11.6 Å². The monoisotopic (exact) mass is 357 g/mol. The van der Waals surface area contributed by atoms with E-state index in [1.165, 1.54) is 12.1 Å². The van der Waals surface area contributed by atoms with Gasteiger partial charge in [0.15, 0.2) is 0 Å². The zero-order valence-corrected chi connectivity index (χ0v) is 15.0. The molecule has 0 unspecified atom stereocenters. The molecule has 1 aliphatic heterocycles. The van der Waals surface area contributed by atoms with E-state index in [0.717, 1.165) is 44.2 Å². The number of piperazine rings is 1. The number of hydrogen-bond acceptors (Lipinski definition) is 4. The second kappa shape index (κ2) is 8.67. The SMILES string of the molecule is COc1ccccc1N1CCN(CCNC(=O)c2cccc(F)c2)CC1. The third-order valence-corrected chi connectivity index (χ3v) is 4.60. The number of carbonyl (C=O) groups excluding carboxylic acids is 1. The summed E-state index contributed by atoms with van der Waals surface area (Å²) in [7, 11) is 1.69. The molecule has 1 fully saturated rings. The van der Waals surface area contributed by atoms with E-state index in [-0.39, 0.29) is 5.91 Å². The van der Waals surface area contributed by atoms with Crippen LogP contribution >= 0.6 is 0 Å². The number of rotatable bonds is 6. The fourth-order valence-electron chi connectivity index (χ4n) is 3.16. The van der Waals surface area contributed by atoms with Crippen LogP contribution in [0.2, 0.25) is 0 Å². The Morgan fingerprint density at radius 1 is 1.12 bits per heavy atom. The third-order valence-electron chi connectivity index (χ3n) is 4.60. The highest BCUT2D eigenvalue weighted by Gasteiger charge is 2.19. The topological polar surface area (TPSA) is 44.8 Å². The summed E-state index contributed by atoms with van der Waals surface area (Å²) >= 11 is 0. The predicted octanol–water partition coefficient (Wildman–Crippen LogP) is 2.39. The molecule has 2 aromatic rings. The van der Waals surface area contributed by atoms with Crippen molar-refractivity contribution in [1.82, 2.24) is 10.2 Å². The van der Waals surface area contributed by atoms with E-state index in [9.17, 15) is 9.18 Å². The number of para-hydroxylation sites is 2. The summed E-state index contributed by atoms with van der Waals surface area (Å²) in [6, 6.07) is 13.8. The molecule has 2 aromatic carbocycles. The van der Waals surface area contributed by atoms with Gasteiger partial charge in [-0.25, -0.2) is 4.39 Å². The Kier molecular flexibility index (Phi) is 6.07. The maximum absolute atomic E-state index is 13.2. The summed E-state index contributed by atoms with van der Waals surface area (Å²) in [4.78, 5) is 16.7. The molecule has 5 nitrogen and oxygen atoms in total. The number of anilines is 1. The summed E-state index contributed by atoms with van der Waals surface area (Å²) in [6.45, 7) is 5.00. The molecule has 0 bridgehead atoms. The lowest BCUT2D eigenvalue weighted by atomic mass is 10.2. The van der Waals surface area contributed by atoms with Gasteiger partial charge in [0, 0.05) is 44.8 Å². The van der Waals surface area contributed by atoms with E-state index in [2.05, 4.69) is 21.2 Å². The molecule has 1 saturated heterocycles. The summed E-state index contributed by atoms with van der Waals surface area (Å²) in [5, 5.41) is 2.85. The highest BCUT2D eigenvalue weighted by atomic mass is 19.1. The van der Waals surface area contributed by atoms with Gasteiger partial charge in [-0.1, -0.05) is 18.2 Å². The van der Waals surface area contributed by atoms with Gasteiger partial charge in [-0.2, -0.15) is 0 Å². The number of nitrogens with one attached hydrogen (secondary N) is 1. The Morgan fingerprint density at radius 2 is 1.88 bits per heavy atom. The molecular weight excluding hydrogens is 333 g/mol. The molecule has 0 saturated carbocycles. The number of carbonyl (C=O) groups is 1. The number of halogens is 1. The van der Waals surface area contributed by atoms with Gasteiger partial charge in [-0.05, 0) is 30.3 Å². The average Bonchev–Trinajstić information content (AvgIpc) is 2.68. The first-order valence-corrected chi connectivity index (χ1v) is 8.81. The minimum atomic E-state index is -0.398. The van der Waals surface area contributed by atoms with Crippen molar-refractivity contribution in [3.8, 4) is 5.75 Å². The number of hydrogen-bond donors (Lipinski definition) is 1. The van der Waals surface area contributed by atoms with Crippen LogP contribution in [0.25, 0.3) is 0 Å². The second-order valence-electron chi connectivity index (χ2n) is 6.27. The maximum Gasteiger partial charge on any atom is 0.251 e. The van der Waals surface area contributed by atoms with Crippen molar-refractivity contribution < 1.29 is 13.9 Å². The molecule has 3 rings (SSSR count). The molecule has 26 heavy (non-hydrogen) atoms. The standard InChI is InChI=1S/C20H24FN3O2/c1-26-19-8-3-2-7-18(19)24-13-11-23(12-14-24)10-9-22-20(25)16-5-4-6-17(21)15-16/h2-8,15H,9-14H2,1H3,(H,22,25). The Labute approximate surface area is 153 Å². The molecule has 1 heterocycles. The van der Waals surface area contributed by atoms with Crippen LogP contribution in [0.4, 0.5) is 10.1 Å². The number of methoxy groups -OCH3 is 1. The normalized spacial score (nSPS) is 14.9. The van der Waals surface area contributed by atoms with Crippen LogP contribution in [-0.4, -0.2) is 57.2 Å². The van der Waals surface area contributed by atoms with Crippen molar-refractivity contribution in [2.24, 2.45) is 0 Å². The lowest BCUT2D eigenvalue weighted by molar-refractivity contribution is 0.0947. The molecule has 0 aromatic heterocycles. The van der Waals surface area contributed by atoms with E-state index in [4.69, 9.17) is 4.74 Å². The summed E-state index contributed by atoms with van der Waals surface area (Å²) in [5.41, 5.74) is 1.47. The van der Waals surface area contributed by atoms with Crippen LogP contribution in [0.15, 0.2) is 48.5 Å². The molecule has 1 aliphatic rings. The lowest BCUT2D eigenvalue weighted by Gasteiger charge is -2.36. The number of nitrogens with zero attached hydrogens (tertiary/aromatic N) is 2. The van der Waals surface area contributed by atoms with Gasteiger partial charge >= 0.3 is 0 Å². The first-order valence-electron chi connectivity index (χ1n) is 8.81. The van der Waals surface area contributed by atoms with Crippen molar-refractivity contribution in [2.45, 2.75) is 0 Å². The van der Waals surface area contributed by atoms with E-state index in [0.29, 0.717) is 12.1 Å². The van der Waals surface area contributed by atoms with Gasteiger partial charge in [0.25, 0.3) is 5.91 Å². The molecule has 0 aliphatic carbocycles. The van der Waals surface area contributed by atoms with E-state index < -0.39 is 5.82 Å². The van der Waals surface area contributed by atoms with Crippen molar-refractivity contribution in [1.29, 1.82) is 0 Å². The first kappa shape index (κ1) is 18.2. The maximum atomic E-state index is 13.2. The van der Waals surface area contributed by atoms with Gasteiger partial charge < -0.3 is 15.0 Å². The first-order chi connectivity index (χ1) is 12.7. The number of benzene rings is 2. The largest absolute Gasteiger partial charge is 0.495 e. The van der Waals surface area contributed by atoms with Gasteiger partial charge in [-0.3, -0.25) is 9.69 Å². The van der Waals surface area contributed by atoms with Crippen LogP contribution < -0.4 is 15.0 Å². The molecule has 0 atom stereocenters. The zero-order chi connectivity index (χ0) is 18.4. The Bertz CT molecular complexity index is 745. The molecule has 1 N–H and O–H groups in total. The fraction of sp³-hybridized carbons (Fsp3) is 0.350. The molecule has 0 radical (unpaired) electrons. The molecule has 138 valence electrons. The van der Waals surface area contributed by atoms with Crippen LogP contribution in [0.5, 0.6) is 5.75 Å². The minimum absolute atomic E-state index is 0.239. The van der Waals surface area contributed by atoms with E-state index in [1.807, 2.05) is 18.2 Å². The quantitative estimate of drug-likeness (QED) is 0.862. The van der Waals surface area contributed by atoms with Crippen LogP contribution in [0, 0.1) is 5.82 Å². The van der Waals surface area contributed by atoms with Gasteiger partial charge in [0.1, 0.15) is 11.6 Å². The van der Waals surface area contributed by atoms with Gasteiger partial charge in [0.2, 0.25) is 0 Å². The summed E-state index contributed by atoms with van der Waals surface area (Å²) < 4.78 is 18.6. The highest BCUT2D eigenvalue weighted by Crippen LogP contribution is 2.28. The number of amides is 1. The van der Waals surface area contributed by atoms with Crippen molar-refractivity contribution in [3.05, 3.63) is 59.9 Å². The van der Waals surface area contributed by atoms with Crippen molar-refractivity contribution in [3.63, 3.8) is 0 Å². The Morgan fingerprint density at radius 3 is 2.62 bits per heavy atom. The Balaban J connectivity index is 1.44. The molecule has 6 heteroatoms. The van der Waals surface area contributed by atoms with Crippen LogP contribution in [0.3, 0.4) is 0 Å². The van der Waals surface area contributed by atoms with Crippen LogP contribution in [-0.2, 0) is 0 Å². The Hall–Kier alpha value is -2.60. The minimum Gasteiger partial charge on any atom is -0.495 e. The third kappa shape index (κ3) is 4.52. The molecule has 1 amide bonds. The lowest BCUT2D eigenvalue weighted by Crippen LogP contribution is -2.48. The van der Waals surface area contributed by atoms with Crippen molar-refractivity contribution in [2.75, 3.05) is 51.3 Å².